The van der Waals surface area contributed by atoms with Crippen LogP contribution in [0.3, 0.4) is 0 Å². The smallest absolute Gasteiger partial charge is 0.423 e. The summed E-state index contributed by atoms with van der Waals surface area (Å²) in [7, 11) is -2.07. The van der Waals surface area contributed by atoms with Crippen LogP contribution in [-0.2, 0) is 0 Å². The first kappa shape index (κ1) is 21.9. The van der Waals surface area contributed by atoms with Crippen LogP contribution in [0.25, 0.3) is 54.2 Å². The fraction of sp³-hybridized carbons (Fsp3) is 0. The third-order valence-electron chi connectivity index (χ3n) is 7.19. The minimum absolute atomic E-state index is 0.186. The maximum atomic E-state index is 8.81. The number of rotatable bonds is 2. The van der Waals surface area contributed by atoms with E-state index >= 15 is 0 Å². The number of hydrogen-bond donors (Lipinski definition) is 2. The zero-order chi connectivity index (χ0) is 40.7. The molecular weight excluding hydrogens is 763 g/mol. The van der Waals surface area contributed by atoms with Crippen LogP contribution in [-0.4, -0.2) is 17.2 Å². The first-order valence-electron chi connectivity index (χ1n) is 18.9. The zero-order valence-corrected chi connectivity index (χ0v) is 28.6. The fourth-order valence-corrected chi connectivity index (χ4v) is 7.20. The molecule has 2 N–H and O–H groups in total. The Balaban J connectivity index is 0.000000152. The summed E-state index contributed by atoms with van der Waals surface area (Å²) in [5.74, 6) is 0. The molecule has 0 atom stereocenters. The summed E-state index contributed by atoms with van der Waals surface area (Å²) < 4.78 is 80.1. The Morgan fingerprint density at radius 1 is 0.413 bits per heavy atom. The molecular formula is C40H28BBr3O2. The Morgan fingerprint density at radius 2 is 0.696 bits per heavy atom. The van der Waals surface area contributed by atoms with Crippen LogP contribution in [0.1, 0.15) is 13.7 Å². The summed E-state index contributed by atoms with van der Waals surface area (Å²) in [5.41, 5.74) is 0.392. The molecule has 0 unspecified atom stereocenters. The molecule has 0 saturated heterocycles. The second-order valence-corrected chi connectivity index (χ2v) is 12.3. The molecule has 8 aromatic rings. The summed E-state index contributed by atoms with van der Waals surface area (Å²) in [6, 6.07) is 27.9. The van der Waals surface area contributed by atoms with E-state index in [9.17, 15) is 0 Å². The van der Waals surface area contributed by atoms with Gasteiger partial charge in [-0.3, -0.25) is 0 Å². The third-order valence-corrected chi connectivity index (χ3v) is 9.76. The van der Waals surface area contributed by atoms with E-state index < -0.39 is 42.8 Å². The van der Waals surface area contributed by atoms with Crippen molar-refractivity contribution in [3.05, 3.63) is 171 Å². The van der Waals surface area contributed by atoms with Gasteiger partial charge in [-0.15, -0.1) is 0 Å². The quantitative estimate of drug-likeness (QED) is 0.135. The molecule has 8 aromatic carbocycles. The Bertz CT molecular complexity index is 2630. The van der Waals surface area contributed by atoms with Crippen LogP contribution in [0, 0.1) is 0 Å². The highest BCUT2D eigenvalue weighted by Gasteiger charge is 2.13. The van der Waals surface area contributed by atoms with Gasteiger partial charge >= 0.3 is 7.12 Å². The topological polar surface area (TPSA) is 40.5 Å². The molecule has 224 valence electrons. The van der Waals surface area contributed by atoms with Crippen molar-refractivity contribution in [2.45, 2.75) is 0 Å². The molecule has 0 fully saturated rings. The van der Waals surface area contributed by atoms with Crippen LogP contribution in [0.4, 0.5) is 0 Å². The van der Waals surface area contributed by atoms with Crippen molar-refractivity contribution in [2.24, 2.45) is 0 Å². The Kier molecular flexibility index (Phi) is 7.03. The van der Waals surface area contributed by atoms with E-state index in [2.05, 4.69) is 96.3 Å². The summed E-state index contributed by atoms with van der Waals surface area (Å²) in [6.07, 6.45) is 0. The summed E-state index contributed by atoms with van der Waals surface area (Å²) in [5, 5.41) is 26.2. The van der Waals surface area contributed by atoms with Crippen molar-refractivity contribution in [2.75, 3.05) is 0 Å². The second kappa shape index (κ2) is 14.8. The van der Waals surface area contributed by atoms with Gasteiger partial charge in [0.2, 0.25) is 0 Å². The van der Waals surface area contributed by atoms with Crippen molar-refractivity contribution in [3.8, 4) is 11.1 Å². The maximum absolute atomic E-state index is 8.81. The lowest BCUT2D eigenvalue weighted by molar-refractivity contribution is 0.426. The minimum atomic E-state index is -2.07. The zero-order valence-electron chi connectivity index (χ0n) is 33.8. The van der Waals surface area contributed by atoms with Crippen molar-refractivity contribution >= 4 is 103 Å². The average molecular weight is 801 g/mol. The molecule has 0 aliphatic heterocycles. The number of hydrogen-bond acceptors (Lipinski definition) is 2. The van der Waals surface area contributed by atoms with Crippen molar-refractivity contribution in [1.82, 2.24) is 0 Å². The molecule has 2 nitrogen and oxygen atoms in total. The Labute approximate surface area is 307 Å². The molecule has 0 heterocycles. The van der Waals surface area contributed by atoms with Gasteiger partial charge < -0.3 is 10.0 Å². The normalized spacial score (nSPS) is 13.8. The molecule has 46 heavy (non-hydrogen) atoms. The van der Waals surface area contributed by atoms with E-state index in [1.807, 2.05) is 48.5 Å². The molecule has 0 saturated carbocycles. The Hall–Kier alpha value is -3.78. The summed E-state index contributed by atoms with van der Waals surface area (Å²) in [6.45, 7) is 0. The molecule has 6 heteroatoms. The van der Waals surface area contributed by atoms with Crippen molar-refractivity contribution in [3.63, 3.8) is 0 Å². The second-order valence-electron chi connectivity index (χ2n) is 9.91. The van der Waals surface area contributed by atoms with E-state index in [0.29, 0.717) is 5.56 Å². The standard InChI is InChI=1S/C20H13Br.C14H8Br2.C6H7BO2/c21-20-17-12-6-4-10-15(17)19(14-8-2-1-3-9-14)16-11-5-7-13-18(16)20;15-13-9-5-1-2-6-10(9)14(16)12-8-4-3-7-11(12)13;8-7(9)6-4-2-1-3-5-6/h1-13H;1-8H;1-5,8-9H/i1D,2D,3D,8D,9D;;1D,2D,3D,4D,5D. The van der Waals surface area contributed by atoms with Gasteiger partial charge in [0.05, 0.1) is 13.7 Å². The number of benzene rings is 8. The van der Waals surface area contributed by atoms with E-state index in [0.717, 1.165) is 26.0 Å². The van der Waals surface area contributed by atoms with Gasteiger partial charge in [0.25, 0.3) is 0 Å². The molecule has 8 rings (SSSR count). The molecule has 0 bridgehead atoms. The average Bonchev–Trinajstić information content (AvgIpc) is 3.21. The van der Waals surface area contributed by atoms with Crippen molar-refractivity contribution < 1.29 is 23.8 Å². The van der Waals surface area contributed by atoms with E-state index in [-0.39, 0.29) is 35.8 Å². The predicted molar refractivity (Wildman–Crippen MR) is 208 cm³/mol. The van der Waals surface area contributed by atoms with E-state index in [1.54, 1.807) is 0 Å². The molecule has 0 amide bonds. The van der Waals surface area contributed by atoms with Gasteiger partial charge in [0.1, 0.15) is 0 Å². The van der Waals surface area contributed by atoms with Crippen LogP contribution in [0.2, 0.25) is 0 Å². The first-order valence-corrected chi connectivity index (χ1v) is 16.3. The highest BCUT2D eigenvalue weighted by atomic mass is 79.9. The van der Waals surface area contributed by atoms with Crippen LogP contribution in [0.15, 0.2) is 171 Å². The molecule has 0 spiro atoms. The largest absolute Gasteiger partial charge is 0.488 e. The maximum Gasteiger partial charge on any atom is 0.488 e. The first-order chi connectivity index (χ1) is 26.6. The van der Waals surface area contributed by atoms with Crippen molar-refractivity contribution in [1.29, 1.82) is 0 Å². The molecule has 0 aliphatic carbocycles. The minimum Gasteiger partial charge on any atom is -0.423 e. The molecule has 0 radical (unpaired) electrons. The van der Waals surface area contributed by atoms with Gasteiger partial charge in [0, 0.05) is 13.4 Å². The monoisotopic (exact) mass is 798 g/mol. The summed E-state index contributed by atoms with van der Waals surface area (Å²) >= 11 is 11.1. The van der Waals surface area contributed by atoms with Gasteiger partial charge in [-0.05, 0) is 107 Å². The SMILES string of the molecule is Brc1c2ccccc2c(Br)c2ccccc12.[2H]c1c([2H])c([2H])c(-c2c3ccccc3c(Br)c3ccccc23)c([2H])c1[2H].[2H]c1c([2H])c([2H])c(B(O)O)c([2H])c1[2H]. The lowest BCUT2D eigenvalue weighted by Crippen LogP contribution is -2.29. The van der Waals surface area contributed by atoms with Gasteiger partial charge in [0.15, 0.2) is 0 Å². The van der Waals surface area contributed by atoms with Crippen LogP contribution < -0.4 is 5.46 Å². The number of fused-ring (bicyclic) bond motifs is 4. The van der Waals surface area contributed by atoms with Crippen LogP contribution >= 0.6 is 47.8 Å². The number of halogens is 3. The highest BCUT2D eigenvalue weighted by molar-refractivity contribution is 9.11. The van der Waals surface area contributed by atoms with Gasteiger partial charge in [-0.2, -0.15) is 0 Å². The third kappa shape index (κ3) is 6.68. The lowest BCUT2D eigenvalue weighted by atomic mass is 9.81. The van der Waals surface area contributed by atoms with Crippen LogP contribution in [0.5, 0.6) is 0 Å². The van der Waals surface area contributed by atoms with Gasteiger partial charge in [-0.25, -0.2) is 0 Å². The predicted octanol–water partition coefficient (Wildman–Crippen LogP) is 11.3. The molecule has 0 aliphatic rings. The van der Waals surface area contributed by atoms with E-state index in [4.69, 9.17) is 23.8 Å². The van der Waals surface area contributed by atoms with Gasteiger partial charge in [-0.1, -0.05) is 157 Å². The van der Waals surface area contributed by atoms with E-state index in [1.165, 1.54) is 30.5 Å². The summed E-state index contributed by atoms with van der Waals surface area (Å²) in [4.78, 5) is 0. The fourth-order valence-electron chi connectivity index (χ4n) is 5.13. The lowest BCUT2D eigenvalue weighted by Gasteiger charge is -2.14. The highest BCUT2D eigenvalue weighted by Crippen LogP contribution is 2.41. The Morgan fingerprint density at radius 3 is 1.02 bits per heavy atom. The molecule has 0 aromatic heterocycles.